The van der Waals surface area contributed by atoms with Crippen molar-refractivity contribution in [2.24, 2.45) is 5.10 Å². The zero-order chi connectivity index (χ0) is 23.2. The largest absolute Gasteiger partial charge is 0.483 e. The van der Waals surface area contributed by atoms with Crippen molar-refractivity contribution in [3.8, 4) is 5.75 Å². The van der Waals surface area contributed by atoms with Crippen molar-refractivity contribution in [1.29, 1.82) is 0 Å². The number of nitrogens with zero attached hydrogens (tertiary/aromatic N) is 1. The standard InChI is InChI=1S/C20H18Br2F3N3O3/c1-11-6-17(16(22)9-15(11)21)31-10-19(30)28-27-12(2)7-18(29)26-14-5-3-4-13(8-14)20(23,24)25/h3-6,8-9H,7,10H2,1-2H3,(H,26,29)(H,28,30). The van der Waals surface area contributed by atoms with Gasteiger partial charge in [-0.3, -0.25) is 9.59 Å². The fraction of sp³-hybridized carbons (Fsp3) is 0.250. The molecule has 0 heterocycles. The maximum atomic E-state index is 12.7. The molecule has 0 radical (unpaired) electrons. The van der Waals surface area contributed by atoms with Crippen LogP contribution in [-0.2, 0) is 15.8 Å². The number of rotatable bonds is 7. The Balaban J connectivity index is 1.85. The first-order valence-electron chi connectivity index (χ1n) is 8.83. The van der Waals surface area contributed by atoms with Crippen LogP contribution >= 0.6 is 31.9 Å². The SMILES string of the molecule is CC(CC(=O)Nc1cccc(C(F)(F)F)c1)=NNC(=O)COc1cc(C)c(Br)cc1Br. The molecule has 166 valence electrons. The van der Waals surface area contributed by atoms with Crippen LogP contribution in [-0.4, -0.2) is 24.1 Å². The number of hydrazone groups is 1. The molecule has 11 heteroatoms. The lowest BCUT2D eigenvalue weighted by molar-refractivity contribution is -0.137. The minimum Gasteiger partial charge on any atom is -0.483 e. The number of aryl methyl sites for hydroxylation is 1. The van der Waals surface area contributed by atoms with Gasteiger partial charge in [-0.2, -0.15) is 18.3 Å². The summed E-state index contributed by atoms with van der Waals surface area (Å²) in [5.74, 6) is -0.623. The average molecular weight is 565 g/mol. The predicted molar refractivity (Wildman–Crippen MR) is 118 cm³/mol. The lowest BCUT2D eigenvalue weighted by Crippen LogP contribution is -2.26. The molecule has 0 aromatic heterocycles. The van der Waals surface area contributed by atoms with E-state index in [1.807, 2.05) is 6.92 Å². The molecule has 6 nitrogen and oxygen atoms in total. The van der Waals surface area contributed by atoms with Gasteiger partial charge in [-0.05, 0) is 65.7 Å². The molecule has 0 bridgehead atoms. The maximum absolute atomic E-state index is 12.7. The summed E-state index contributed by atoms with van der Waals surface area (Å²) in [4.78, 5) is 23.9. The van der Waals surface area contributed by atoms with Gasteiger partial charge in [-0.25, -0.2) is 5.43 Å². The average Bonchev–Trinajstić information content (AvgIpc) is 2.67. The van der Waals surface area contributed by atoms with Crippen molar-refractivity contribution < 1.29 is 27.5 Å². The third-order valence-electron chi connectivity index (χ3n) is 3.83. The van der Waals surface area contributed by atoms with Crippen LogP contribution in [0.25, 0.3) is 0 Å². The van der Waals surface area contributed by atoms with E-state index >= 15 is 0 Å². The number of hydrogen-bond acceptors (Lipinski definition) is 4. The molecule has 0 spiro atoms. The lowest BCUT2D eigenvalue weighted by atomic mass is 10.2. The molecular weight excluding hydrogens is 547 g/mol. The summed E-state index contributed by atoms with van der Waals surface area (Å²) in [6, 6.07) is 7.85. The molecular formula is C20H18Br2F3N3O3. The third kappa shape index (κ3) is 7.98. The van der Waals surface area contributed by atoms with Gasteiger partial charge in [0.25, 0.3) is 5.91 Å². The summed E-state index contributed by atoms with van der Waals surface area (Å²) in [6.45, 7) is 3.08. The van der Waals surface area contributed by atoms with Crippen molar-refractivity contribution >= 4 is 55.1 Å². The molecule has 0 aliphatic rings. The summed E-state index contributed by atoms with van der Waals surface area (Å²) in [6.07, 6.45) is -4.72. The van der Waals surface area contributed by atoms with Gasteiger partial charge in [0.2, 0.25) is 5.91 Å². The number of carbonyl (C=O) groups excluding carboxylic acids is 2. The molecule has 0 fully saturated rings. The van der Waals surface area contributed by atoms with Gasteiger partial charge in [-0.1, -0.05) is 22.0 Å². The van der Waals surface area contributed by atoms with Crippen LogP contribution in [0, 0.1) is 6.92 Å². The van der Waals surface area contributed by atoms with Crippen molar-refractivity contribution in [3.05, 3.63) is 56.5 Å². The van der Waals surface area contributed by atoms with Crippen molar-refractivity contribution in [1.82, 2.24) is 5.43 Å². The lowest BCUT2D eigenvalue weighted by Gasteiger charge is -2.10. The molecule has 2 aromatic rings. The highest BCUT2D eigenvalue weighted by Crippen LogP contribution is 2.31. The first kappa shape index (κ1) is 24.9. The number of anilines is 1. The van der Waals surface area contributed by atoms with Gasteiger partial charge >= 0.3 is 6.18 Å². The number of nitrogens with one attached hydrogen (secondary N) is 2. The van der Waals surface area contributed by atoms with Gasteiger partial charge in [0.15, 0.2) is 6.61 Å². The Morgan fingerprint density at radius 1 is 1.10 bits per heavy atom. The quantitative estimate of drug-likeness (QED) is 0.347. The monoisotopic (exact) mass is 563 g/mol. The number of ether oxygens (including phenoxy) is 1. The third-order valence-corrected chi connectivity index (χ3v) is 5.31. The smallest absolute Gasteiger partial charge is 0.416 e. The Kier molecular flexibility index (Phi) is 8.63. The summed E-state index contributed by atoms with van der Waals surface area (Å²) in [5, 5.41) is 6.18. The van der Waals surface area contributed by atoms with Gasteiger partial charge in [0.05, 0.1) is 16.5 Å². The van der Waals surface area contributed by atoms with Gasteiger partial charge in [0.1, 0.15) is 5.75 Å². The fourth-order valence-electron chi connectivity index (χ4n) is 2.33. The number of alkyl halides is 3. The normalized spacial score (nSPS) is 11.8. The molecule has 0 unspecified atom stereocenters. The Hall–Kier alpha value is -2.40. The highest BCUT2D eigenvalue weighted by atomic mass is 79.9. The molecule has 0 aliphatic heterocycles. The van der Waals surface area contributed by atoms with E-state index in [1.54, 1.807) is 12.1 Å². The fourth-order valence-corrected chi connectivity index (χ4v) is 3.43. The number of benzene rings is 2. The highest BCUT2D eigenvalue weighted by Gasteiger charge is 2.30. The van der Waals surface area contributed by atoms with Crippen LogP contribution in [0.2, 0.25) is 0 Å². The Bertz CT molecular complexity index is 1010. The minimum absolute atomic E-state index is 0.0143. The zero-order valence-corrected chi connectivity index (χ0v) is 19.6. The van der Waals surface area contributed by atoms with Crippen molar-refractivity contribution in [2.45, 2.75) is 26.4 Å². The molecule has 31 heavy (non-hydrogen) atoms. The molecule has 0 aliphatic carbocycles. The van der Waals surface area contributed by atoms with E-state index in [0.29, 0.717) is 10.2 Å². The number of halogens is 5. The van der Waals surface area contributed by atoms with E-state index in [9.17, 15) is 22.8 Å². The zero-order valence-electron chi connectivity index (χ0n) is 16.4. The van der Waals surface area contributed by atoms with Crippen molar-refractivity contribution in [3.63, 3.8) is 0 Å². The van der Waals surface area contributed by atoms with Gasteiger partial charge < -0.3 is 10.1 Å². The van der Waals surface area contributed by atoms with Gasteiger partial charge in [-0.15, -0.1) is 0 Å². The minimum atomic E-state index is -4.50. The van der Waals surface area contributed by atoms with E-state index in [2.05, 4.69) is 47.7 Å². The number of hydrogen-bond donors (Lipinski definition) is 2. The van der Waals surface area contributed by atoms with E-state index < -0.39 is 23.6 Å². The maximum Gasteiger partial charge on any atom is 0.416 e. The topological polar surface area (TPSA) is 79.8 Å². The first-order chi connectivity index (χ1) is 14.5. The predicted octanol–water partition coefficient (Wildman–Crippen LogP) is 5.44. The van der Waals surface area contributed by atoms with E-state index in [0.717, 1.165) is 22.2 Å². The second-order valence-electron chi connectivity index (χ2n) is 6.51. The first-order valence-corrected chi connectivity index (χ1v) is 10.4. The molecule has 2 rings (SSSR count). The van der Waals surface area contributed by atoms with E-state index in [4.69, 9.17) is 4.74 Å². The summed E-state index contributed by atoms with van der Waals surface area (Å²) in [5.41, 5.74) is 2.61. The van der Waals surface area contributed by atoms with E-state index in [-0.39, 0.29) is 24.4 Å². The second kappa shape index (κ2) is 10.8. The van der Waals surface area contributed by atoms with Crippen LogP contribution < -0.4 is 15.5 Å². The highest BCUT2D eigenvalue weighted by molar-refractivity contribution is 9.11. The summed E-state index contributed by atoms with van der Waals surface area (Å²) in [7, 11) is 0. The molecule has 0 atom stereocenters. The second-order valence-corrected chi connectivity index (χ2v) is 8.21. The van der Waals surface area contributed by atoms with E-state index in [1.165, 1.54) is 19.1 Å². The van der Waals surface area contributed by atoms with Crippen molar-refractivity contribution in [2.75, 3.05) is 11.9 Å². The number of amides is 2. The van der Waals surface area contributed by atoms with Crippen LogP contribution in [0.15, 0.2) is 50.4 Å². The van der Waals surface area contributed by atoms with Crippen LogP contribution in [0.5, 0.6) is 5.75 Å². The molecule has 2 N–H and O–H groups in total. The van der Waals surface area contributed by atoms with Crippen LogP contribution in [0.1, 0.15) is 24.5 Å². The Morgan fingerprint density at radius 3 is 2.48 bits per heavy atom. The molecule has 2 amide bonds. The summed E-state index contributed by atoms with van der Waals surface area (Å²) >= 11 is 6.73. The molecule has 0 saturated carbocycles. The molecule has 2 aromatic carbocycles. The van der Waals surface area contributed by atoms with Crippen LogP contribution in [0.3, 0.4) is 0 Å². The Morgan fingerprint density at radius 2 is 1.81 bits per heavy atom. The molecule has 0 saturated heterocycles. The van der Waals surface area contributed by atoms with Crippen LogP contribution in [0.4, 0.5) is 18.9 Å². The summed E-state index contributed by atoms with van der Waals surface area (Å²) < 4.78 is 45.2. The Labute approximate surface area is 193 Å². The van der Waals surface area contributed by atoms with Gasteiger partial charge in [0, 0.05) is 15.9 Å². The number of carbonyl (C=O) groups is 2.